The fraction of sp³-hybridized carbons (Fsp3) is 0.923. The zero-order valence-corrected chi connectivity index (χ0v) is 13.5. The van der Waals surface area contributed by atoms with Crippen molar-refractivity contribution in [1.29, 1.82) is 0 Å². The first-order chi connectivity index (χ1) is 9.55. The van der Waals surface area contributed by atoms with E-state index in [1.54, 1.807) is 0 Å². The second kappa shape index (κ2) is 5.73. The average Bonchev–Trinajstić information content (AvgIpc) is 2.71. The number of hydrogen-bond donors (Lipinski definition) is 2. The van der Waals surface area contributed by atoms with E-state index in [0.717, 1.165) is 13.1 Å². The maximum Gasteiger partial charge on any atom is 0.407 e. The van der Waals surface area contributed by atoms with Gasteiger partial charge in [0.15, 0.2) is 0 Å². The lowest BCUT2D eigenvalue weighted by molar-refractivity contribution is 0.0514. The molecule has 1 amide bonds. The molecule has 1 saturated carbocycles. The smallest absolute Gasteiger partial charge is 0.407 e. The molecule has 0 aromatic carbocycles. The summed E-state index contributed by atoms with van der Waals surface area (Å²) in [6.07, 6.45) is 0.0578. The Bertz CT molecular complexity index is 487. The minimum absolute atomic E-state index is 0.178. The van der Waals surface area contributed by atoms with Crippen LogP contribution >= 0.6 is 0 Å². The third-order valence-electron chi connectivity index (χ3n) is 3.83. The number of amides is 1. The van der Waals surface area contributed by atoms with Gasteiger partial charge < -0.3 is 15.0 Å². The molecule has 0 spiro atoms. The van der Waals surface area contributed by atoms with Crippen molar-refractivity contribution >= 4 is 16.2 Å². The van der Waals surface area contributed by atoms with E-state index < -0.39 is 15.7 Å². The molecule has 0 bridgehead atoms. The summed E-state index contributed by atoms with van der Waals surface area (Å²) in [5, 5.41) is 2.89. The average molecular weight is 320 g/mol. The van der Waals surface area contributed by atoms with E-state index in [2.05, 4.69) is 10.2 Å². The summed E-state index contributed by atoms with van der Waals surface area (Å²) in [6, 6.07) is 0.178. The summed E-state index contributed by atoms with van der Waals surface area (Å²) >= 11 is 0. The standard InChI is InChI=1S/C13H24N2O5S/c1-13(2,3)20-12(16)14-11-9-7-15(8-10(9)11)5-4-6-21(17,18)19/h9-11H,4-8H2,1-3H3,(H,14,16)(H,17,18,19). The Morgan fingerprint density at radius 1 is 1.33 bits per heavy atom. The number of carbonyl (C=O) groups excluding carboxylic acids is 1. The third-order valence-corrected chi connectivity index (χ3v) is 4.63. The Balaban J connectivity index is 1.65. The first-order valence-electron chi connectivity index (χ1n) is 7.22. The van der Waals surface area contributed by atoms with Gasteiger partial charge in [-0.2, -0.15) is 8.42 Å². The van der Waals surface area contributed by atoms with Gasteiger partial charge in [0, 0.05) is 19.1 Å². The first kappa shape index (κ1) is 16.5. The molecular formula is C13H24N2O5S. The van der Waals surface area contributed by atoms with Gasteiger partial charge in [-0.05, 0) is 45.6 Å². The molecule has 0 aromatic heterocycles. The minimum atomic E-state index is -3.86. The molecule has 2 atom stereocenters. The van der Waals surface area contributed by atoms with Crippen molar-refractivity contribution in [2.24, 2.45) is 11.8 Å². The summed E-state index contributed by atoms with van der Waals surface area (Å²) in [4.78, 5) is 13.8. The fourth-order valence-electron chi connectivity index (χ4n) is 2.92. The van der Waals surface area contributed by atoms with Crippen LogP contribution in [0.1, 0.15) is 27.2 Å². The Kier molecular flexibility index (Phi) is 4.51. The van der Waals surface area contributed by atoms with E-state index in [4.69, 9.17) is 9.29 Å². The number of hydrogen-bond acceptors (Lipinski definition) is 5. The summed E-state index contributed by atoms with van der Waals surface area (Å²) in [5.41, 5.74) is -0.490. The number of fused-ring (bicyclic) bond motifs is 1. The van der Waals surface area contributed by atoms with E-state index in [-0.39, 0.29) is 17.9 Å². The van der Waals surface area contributed by atoms with Gasteiger partial charge in [0.2, 0.25) is 0 Å². The number of carbonyl (C=O) groups is 1. The fourth-order valence-corrected chi connectivity index (χ4v) is 3.42. The normalized spacial score (nSPS) is 29.0. The van der Waals surface area contributed by atoms with Gasteiger partial charge in [0.05, 0.1) is 5.75 Å². The highest BCUT2D eigenvalue weighted by molar-refractivity contribution is 7.85. The van der Waals surface area contributed by atoms with Crippen molar-refractivity contribution in [2.45, 2.75) is 38.8 Å². The SMILES string of the molecule is CC(C)(C)OC(=O)NC1C2CN(CCCS(=O)(=O)O)CC21. The lowest BCUT2D eigenvalue weighted by Gasteiger charge is -2.22. The van der Waals surface area contributed by atoms with E-state index in [0.29, 0.717) is 24.8 Å². The monoisotopic (exact) mass is 320 g/mol. The molecular weight excluding hydrogens is 296 g/mol. The summed E-state index contributed by atoms with van der Waals surface area (Å²) in [7, 11) is -3.86. The second-order valence-corrected chi connectivity index (χ2v) is 8.47. The molecule has 0 radical (unpaired) electrons. The van der Waals surface area contributed by atoms with Crippen molar-refractivity contribution in [1.82, 2.24) is 10.2 Å². The van der Waals surface area contributed by atoms with Crippen LogP contribution in [0, 0.1) is 11.8 Å². The molecule has 8 heteroatoms. The maximum atomic E-state index is 11.7. The molecule has 21 heavy (non-hydrogen) atoms. The molecule has 122 valence electrons. The molecule has 1 heterocycles. The van der Waals surface area contributed by atoms with Gasteiger partial charge in [-0.1, -0.05) is 0 Å². The van der Waals surface area contributed by atoms with Crippen LogP contribution in [0.15, 0.2) is 0 Å². The molecule has 1 aliphatic heterocycles. The Hall–Kier alpha value is -0.860. The molecule has 1 aliphatic carbocycles. The number of alkyl carbamates (subject to hydrolysis) is 1. The van der Waals surface area contributed by atoms with E-state index >= 15 is 0 Å². The van der Waals surface area contributed by atoms with E-state index in [1.165, 1.54) is 0 Å². The van der Waals surface area contributed by atoms with Gasteiger partial charge in [-0.3, -0.25) is 4.55 Å². The predicted molar refractivity (Wildman–Crippen MR) is 77.6 cm³/mol. The van der Waals surface area contributed by atoms with Crippen molar-refractivity contribution in [3.05, 3.63) is 0 Å². The molecule has 2 fully saturated rings. The van der Waals surface area contributed by atoms with Crippen LogP contribution in [0.5, 0.6) is 0 Å². The lowest BCUT2D eigenvalue weighted by Crippen LogP contribution is -2.38. The molecule has 0 aromatic rings. The third kappa shape index (κ3) is 5.12. The van der Waals surface area contributed by atoms with Gasteiger partial charge in [0.1, 0.15) is 5.60 Å². The van der Waals surface area contributed by atoms with Crippen LogP contribution < -0.4 is 5.32 Å². The van der Waals surface area contributed by atoms with E-state index in [9.17, 15) is 13.2 Å². The molecule has 2 aliphatic rings. The van der Waals surface area contributed by atoms with Crippen LogP contribution in [0.3, 0.4) is 0 Å². The predicted octanol–water partition coefficient (Wildman–Crippen LogP) is 0.719. The minimum Gasteiger partial charge on any atom is -0.444 e. The first-order valence-corrected chi connectivity index (χ1v) is 8.83. The number of rotatable bonds is 5. The zero-order chi connectivity index (χ0) is 15.8. The number of nitrogens with one attached hydrogen (secondary N) is 1. The Labute approximate surface area is 125 Å². The quantitative estimate of drug-likeness (QED) is 0.725. The number of ether oxygens (including phenoxy) is 1. The topological polar surface area (TPSA) is 95.9 Å². The van der Waals surface area contributed by atoms with Crippen molar-refractivity contribution in [3.63, 3.8) is 0 Å². The van der Waals surface area contributed by atoms with Gasteiger partial charge in [-0.25, -0.2) is 4.79 Å². The van der Waals surface area contributed by atoms with Crippen LogP contribution in [0.4, 0.5) is 4.79 Å². The van der Waals surface area contributed by atoms with Crippen LogP contribution in [0.25, 0.3) is 0 Å². The summed E-state index contributed by atoms with van der Waals surface area (Å²) < 4.78 is 35.2. The van der Waals surface area contributed by atoms with Crippen molar-refractivity contribution < 1.29 is 22.5 Å². The Morgan fingerprint density at radius 2 is 1.90 bits per heavy atom. The molecule has 2 rings (SSSR count). The van der Waals surface area contributed by atoms with Crippen molar-refractivity contribution in [2.75, 3.05) is 25.4 Å². The summed E-state index contributed by atoms with van der Waals surface area (Å²) in [6.45, 7) is 7.87. The Morgan fingerprint density at radius 3 is 2.38 bits per heavy atom. The van der Waals surface area contributed by atoms with E-state index in [1.807, 2.05) is 20.8 Å². The van der Waals surface area contributed by atoms with Crippen LogP contribution in [-0.2, 0) is 14.9 Å². The highest BCUT2D eigenvalue weighted by Gasteiger charge is 2.56. The number of likely N-dealkylation sites (tertiary alicyclic amines) is 1. The molecule has 2 N–H and O–H groups in total. The highest BCUT2D eigenvalue weighted by atomic mass is 32.2. The van der Waals surface area contributed by atoms with Crippen LogP contribution in [0.2, 0.25) is 0 Å². The molecule has 7 nitrogen and oxygen atoms in total. The largest absolute Gasteiger partial charge is 0.444 e. The lowest BCUT2D eigenvalue weighted by atomic mass is 10.2. The maximum absolute atomic E-state index is 11.7. The van der Waals surface area contributed by atoms with Gasteiger partial charge in [-0.15, -0.1) is 0 Å². The zero-order valence-electron chi connectivity index (χ0n) is 12.7. The highest BCUT2D eigenvalue weighted by Crippen LogP contribution is 2.45. The number of nitrogens with zero attached hydrogens (tertiary/aromatic N) is 1. The van der Waals surface area contributed by atoms with Gasteiger partial charge >= 0.3 is 6.09 Å². The van der Waals surface area contributed by atoms with Crippen molar-refractivity contribution in [3.8, 4) is 0 Å². The molecule has 2 unspecified atom stereocenters. The van der Waals surface area contributed by atoms with Gasteiger partial charge in [0.25, 0.3) is 10.1 Å². The second-order valence-electron chi connectivity index (χ2n) is 6.90. The molecule has 1 saturated heterocycles. The van der Waals surface area contributed by atoms with Crippen LogP contribution in [-0.4, -0.2) is 61.0 Å². The summed E-state index contributed by atoms with van der Waals surface area (Å²) in [5.74, 6) is 0.671. The number of piperidine rings is 1.